The van der Waals surface area contributed by atoms with Gasteiger partial charge in [-0.25, -0.2) is 0 Å². The maximum atomic E-state index is 3.21. The van der Waals surface area contributed by atoms with Gasteiger partial charge in [-0.15, -0.1) is 0 Å². The number of aryl methyl sites for hydroxylation is 1. The Labute approximate surface area is 150 Å². The lowest BCUT2D eigenvalue weighted by atomic mass is 10.1. The normalized spacial score (nSPS) is 10.7. The van der Waals surface area contributed by atoms with Crippen LogP contribution in [0.5, 0.6) is 0 Å². The second kappa shape index (κ2) is 8.04. The number of hydrogen-bond acceptors (Lipinski definition) is 1. The number of nitrogens with zero attached hydrogens (tertiary/aromatic N) is 1. The van der Waals surface area contributed by atoms with Gasteiger partial charge in [0.05, 0.1) is 5.70 Å². The molecule has 0 radical (unpaired) electrons. The molecule has 0 aliphatic rings. The lowest BCUT2D eigenvalue weighted by molar-refractivity contribution is 1.21. The summed E-state index contributed by atoms with van der Waals surface area (Å²) in [5, 5.41) is 0. The summed E-state index contributed by atoms with van der Waals surface area (Å²) in [6.45, 7) is 2.10. The highest BCUT2D eigenvalue weighted by Crippen LogP contribution is 2.24. The molecule has 0 aromatic heterocycles. The van der Waals surface area contributed by atoms with Crippen LogP contribution in [0.4, 0.5) is 5.69 Å². The fourth-order valence-electron chi connectivity index (χ4n) is 2.60. The van der Waals surface area contributed by atoms with Gasteiger partial charge in [0.2, 0.25) is 0 Å². The van der Waals surface area contributed by atoms with Crippen LogP contribution in [-0.4, -0.2) is 7.05 Å². The van der Waals surface area contributed by atoms with E-state index in [1.807, 2.05) is 42.5 Å². The smallest absolute Gasteiger partial charge is 0.0566 e. The molecule has 0 heterocycles. The summed E-state index contributed by atoms with van der Waals surface area (Å²) in [6, 6.07) is 28.9. The quantitative estimate of drug-likeness (QED) is 0.573. The van der Waals surface area contributed by atoms with Crippen LogP contribution >= 0.6 is 0 Å². The van der Waals surface area contributed by atoms with Gasteiger partial charge in [-0.05, 0) is 36.8 Å². The molecule has 1 nitrogen and oxygen atoms in total. The molecule has 0 spiro atoms. The molecule has 3 rings (SSSR count). The van der Waals surface area contributed by atoms with Crippen LogP contribution in [0.3, 0.4) is 0 Å². The topological polar surface area (TPSA) is 3.24 Å². The third kappa shape index (κ3) is 4.40. The number of benzene rings is 3. The van der Waals surface area contributed by atoms with Crippen molar-refractivity contribution in [3.63, 3.8) is 0 Å². The first-order valence-electron chi connectivity index (χ1n) is 8.36. The Balaban J connectivity index is 1.97. The van der Waals surface area contributed by atoms with Gasteiger partial charge in [0, 0.05) is 24.4 Å². The van der Waals surface area contributed by atoms with Crippen molar-refractivity contribution in [2.75, 3.05) is 11.9 Å². The molecule has 0 aliphatic heterocycles. The van der Waals surface area contributed by atoms with Crippen molar-refractivity contribution in [1.82, 2.24) is 0 Å². The van der Waals surface area contributed by atoms with Crippen LogP contribution in [0.15, 0.2) is 91.0 Å². The molecule has 122 valence electrons. The number of hydrogen-bond donors (Lipinski definition) is 0. The van der Waals surface area contributed by atoms with E-state index in [-0.39, 0.29) is 0 Å². The summed E-state index contributed by atoms with van der Waals surface area (Å²) in [6.07, 6.45) is 1.99. The summed E-state index contributed by atoms with van der Waals surface area (Å²) >= 11 is 0. The average Bonchev–Trinajstić information content (AvgIpc) is 2.67. The van der Waals surface area contributed by atoms with Gasteiger partial charge in [-0.1, -0.05) is 78.1 Å². The summed E-state index contributed by atoms with van der Waals surface area (Å²) in [5.41, 5.74) is 5.64. The van der Waals surface area contributed by atoms with E-state index in [9.17, 15) is 0 Å². The van der Waals surface area contributed by atoms with E-state index in [4.69, 9.17) is 0 Å². The molecule has 0 aliphatic carbocycles. The van der Waals surface area contributed by atoms with Crippen molar-refractivity contribution in [2.24, 2.45) is 0 Å². The monoisotopic (exact) mass is 323 g/mol. The lowest BCUT2D eigenvalue weighted by Gasteiger charge is -2.23. The Hall–Kier alpha value is -3.24. The SMILES string of the molecule is Cc1ccc(N(C)/C(=C\C#Cc2ccccc2)c2ccccc2)cc1. The number of rotatable bonds is 3. The Morgan fingerprint density at radius 2 is 1.40 bits per heavy atom. The molecule has 0 amide bonds. The molecule has 0 fully saturated rings. The number of allylic oxidation sites excluding steroid dienone is 1. The van der Waals surface area contributed by atoms with Crippen LogP contribution in [0.2, 0.25) is 0 Å². The summed E-state index contributed by atoms with van der Waals surface area (Å²) in [5.74, 6) is 6.42. The molecule has 0 bridgehead atoms. The predicted octanol–water partition coefficient (Wildman–Crippen LogP) is 5.52. The Morgan fingerprint density at radius 1 is 0.800 bits per heavy atom. The average molecular weight is 323 g/mol. The molecule has 0 atom stereocenters. The molecular weight excluding hydrogens is 302 g/mol. The highest BCUT2D eigenvalue weighted by molar-refractivity contribution is 5.80. The fraction of sp³-hybridized carbons (Fsp3) is 0.0833. The van der Waals surface area contributed by atoms with Crippen LogP contribution in [-0.2, 0) is 0 Å². The molecule has 0 saturated carbocycles. The van der Waals surface area contributed by atoms with Crippen molar-refractivity contribution in [2.45, 2.75) is 6.92 Å². The summed E-state index contributed by atoms with van der Waals surface area (Å²) in [7, 11) is 2.08. The molecule has 3 aromatic rings. The minimum Gasteiger partial charge on any atom is -0.344 e. The zero-order chi connectivity index (χ0) is 17.5. The van der Waals surface area contributed by atoms with Crippen LogP contribution in [0.25, 0.3) is 5.70 Å². The van der Waals surface area contributed by atoms with E-state index in [0.717, 1.165) is 22.5 Å². The van der Waals surface area contributed by atoms with E-state index in [0.29, 0.717) is 0 Å². The van der Waals surface area contributed by atoms with Crippen molar-refractivity contribution < 1.29 is 0 Å². The molecule has 25 heavy (non-hydrogen) atoms. The van der Waals surface area contributed by atoms with Crippen molar-refractivity contribution in [1.29, 1.82) is 0 Å². The maximum Gasteiger partial charge on any atom is 0.0566 e. The van der Waals surface area contributed by atoms with Crippen LogP contribution in [0, 0.1) is 18.8 Å². The zero-order valence-corrected chi connectivity index (χ0v) is 14.6. The largest absolute Gasteiger partial charge is 0.344 e. The van der Waals surface area contributed by atoms with Gasteiger partial charge < -0.3 is 4.90 Å². The Bertz CT molecular complexity index is 895. The molecule has 0 unspecified atom stereocenters. The van der Waals surface area contributed by atoms with Gasteiger partial charge in [0.25, 0.3) is 0 Å². The molecule has 1 heteroatoms. The van der Waals surface area contributed by atoms with Crippen molar-refractivity contribution in [3.05, 3.63) is 108 Å². The predicted molar refractivity (Wildman–Crippen MR) is 107 cm³/mol. The van der Waals surface area contributed by atoms with E-state index in [2.05, 4.69) is 79.2 Å². The van der Waals surface area contributed by atoms with Gasteiger partial charge in [-0.3, -0.25) is 0 Å². The third-order valence-electron chi connectivity index (χ3n) is 4.05. The van der Waals surface area contributed by atoms with E-state index in [1.165, 1.54) is 5.56 Å². The Kier molecular flexibility index (Phi) is 5.34. The van der Waals surface area contributed by atoms with Crippen LogP contribution < -0.4 is 4.90 Å². The molecular formula is C24H21N. The molecule has 0 N–H and O–H groups in total. The molecule has 0 saturated heterocycles. The lowest BCUT2D eigenvalue weighted by Crippen LogP contribution is -2.15. The summed E-state index contributed by atoms with van der Waals surface area (Å²) in [4.78, 5) is 2.18. The van der Waals surface area contributed by atoms with Crippen molar-refractivity contribution >= 4 is 11.4 Å². The van der Waals surface area contributed by atoms with Crippen LogP contribution in [0.1, 0.15) is 16.7 Å². The first-order chi connectivity index (χ1) is 12.2. The molecule has 3 aromatic carbocycles. The number of anilines is 1. The second-order valence-corrected chi connectivity index (χ2v) is 5.93. The first kappa shape index (κ1) is 16.6. The highest BCUT2D eigenvalue weighted by atomic mass is 15.1. The minimum absolute atomic E-state index is 1.02. The van der Waals surface area contributed by atoms with Gasteiger partial charge in [0.1, 0.15) is 0 Å². The standard InChI is InChI=1S/C24H21N/c1-20-16-18-23(19-17-20)25(2)24(22-13-7-4-8-14-22)15-9-12-21-10-5-3-6-11-21/h3-8,10-11,13-19H,1-2H3/b24-15-. The fourth-order valence-corrected chi connectivity index (χ4v) is 2.60. The zero-order valence-electron chi connectivity index (χ0n) is 14.6. The van der Waals surface area contributed by atoms with Gasteiger partial charge in [0.15, 0.2) is 0 Å². The minimum atomic E-state index is 1.02. The van der Waals surface area contributed by atoms with Gasteiger partial charge in [-0.2, -0.15) is 0 Å². The van der Waals surface area contributed by atoms with E-state index < -0.39 is 0 Å². The van der Waals surface area contributed by atoms with E-state index in [1.54, 1.807) is 0 Å². The van der Waals surface area contributed by atoms with E-state index >= 15 is 0 Å². The van der Waals surface area contributed by atoms with Crippen molar-refractivity contribution in [3.8, 4) is 11.8 Å². The van der Waals surface area contributed by atoms with Gasteiger partial charge >= 0.3 is 0 Å². The second-order valence-electron chi connectivity index (χ2n) is 5.93. The highest BCUT2D eigenvalue weighted by Gasteiger charge is 2.08. The maximum absolute atomic E-state index is 3.21. The third-order valence-corrected chi connectivity index (χ3v) is 4.05. The first-order valence-corrected chi connectivity index (χ1v) is 8.36. The summed E-state index contributed by atoms with van der Waals surface area (Å²) < 4.78 is 0. The Morgan fingerprint density at radius 3 is 2.04 bits per heavy atom.